The van der Waals surface area contributed by atoms with E-state index in [-0.39, 0.29) is 27.9 Å². The van der Waals surface area contributed by atoms with Crippen LogP contribution in [0.3, 0.4) is 0 Å². The van der Waals surface area contributed by atoms with Crippen LogP contribution < -0.4 is 15.9 Å². The van der Waals surface area contributed by atoms with Gasteiger partial charge in [-0.2, -0.15) is 5.10 Å². The first-order valence-corrected chi connectivity index (χ1v) is 7.83. The Balaban J connectivity index is 2.23. The highest BCUT2D eigenvalue weighted by Gasteiger charge is 2.17. The quantitative estimate of drug-likeness (QED) is 0.400. The van der Waals surface area contributed by atoms with E-state index in [4.69, 9.17) is 10.5 Å². The summed E-state index contributed by atoms with van der Waals surface area (Å²) >= 11 is 1.03. The Morgan fingerprint density at radius 2 is 2.32 bits per heavy atom. The highest BCUT2D eigenvalue weighted by atomic mass is 32.1. The number of hydrazone groups is 1. The highest BCUT2D eigenvalue weighted by Crippen LogP contribution is 2.33. The van der Waals surface area contributed by atoms with Crippen molar-refractivity contribution in [1.82, 2.24) is 10.4 Å². The molecule has 0 aliphatic carbocycles. The van der Waals surface area contributed by atoms with Gasteiger partial charge in [-0.1, -0.05) is 18.3 Å². The average molecular weight is 365 g/mol. The molecular weight excluding hydrogens is 350 g/mol. The van der Waals surface area contributed by atoms with Gasteiger partial charge in [0.25, 0.3) is 11.6 Å². The zero-order valence-corrected chi connectivity index (χ0v) is 14.2. The number of amides is 1. The first-order valence-electron chi connectivity index (χ1n) is 7.01. The lowest BCUT2D eigenvalue weighted by Crippen LogP contribution is -2.17. The average Bonchev–Trinajstić information content (AvgIpc) is 2.97. The summed E-state index contributed by atoms with van der Waals surface area (Å²) in [5, 5.41) is 24.9. The second kappa shape index (κ2) is 7.57. The van der Waals surface area contributed by atoms with Gasteiger partial charge in [-0.25, -0.2) is 10.4 Å². The van der Waals surface area contributed by atoms with E-state index in [0.29, 0.717) is 17.0 Å². The molecule has 0 fully saturated rings. The van der Waals surface area contributed by atoms with Crippen LogP contribution in [0.5, 0.6) is 11.5 Å². The largest absolute Gasteiger partial charge is 0.504 e. The Labute approximate surface area is 146 Å². The number of anilines is 1. The monoisotopic (exact) mass is 365 g/mol. The van der Waals surface area contributed by atoms with Gasteiger partial charge in [-0.3, -0.25) is 14.9 Å². The van der Waals surface area contributed by atoms with Crippen LogP contribution in [0.25, 0.3) is 0 Å². The van der Waals surface area contributed by atoms with E-state index < -0.39 is 10.8 Å². The first kappa shape index (κ1) is 18.1. The number of methoxy groups -OCH3 is 1. The second-order valence-electron chi connectivity index (χ2n) is 4.72. The van der Waals surface area contributed by atoms with Crippen LogP contribution in [0.15, 0.2) is 17.2 Å². The number of nitrogens with one attached hydrogen (secondary N) is 1. The Kier molecular flexibility index (Phi) is 5.49. The normalized spacial score (nSPS) is 10.8. The number of carbonyl (C=O) groups is 1. The molecule has 132 valence electrons. The van der Waals surface area contributed by atoms with Crippen molar-refractivity contribution < 1.29 is 19.6 Å². The van der Waals surface area contributed by atoms with Gasteiger partial charge in [0, 0.05) is 11.6 Å². The van der Waals surface area contributed by atoms with Gasteiger partial charge in [0.05, 0.1) is 30.0 Å². The number of nitrogens with two attached hydrogens (primary N) is 1. The number of rotatable bonds is 6. The molecule has 0 aliphatic rings. The van der Waals surface area contributed by atoms with Crippen molar-refractivity contribution in [2.45, 2.75) is 13.3 Å². The van der Waals surface area contributed by atoms with E-state index >= 15 is 0 Å². The maximum atomic E-state index is 12.1. The molecule has 0 bridgehead atoms. The summed E-state index contributed by atoms with van der Waals surface area (Å²) in [6.45, 7) is 1.84. The number of phenolic OH excluding ortho intramolecular Hbond substituents is 1. The van der Waals surface area contributed by atoms with Gasteiger partial charge in [0.15, 0.2) is 16.6 Å². The molecule has 11 heteroatoms. The van der Waals surface area contributed by atoms with Crippen LogP contribution in [0, 0.1) is 10.1 Å². The van der Waals surface area contributed by atoms with E-state index in [2.05, 4.69) is 15.5 Å². The molecule has 0 atom stereocenters. The Bertz CT molecular complexity index is 848. The standard InChI is InChI=1S/C14H15N5O5S/c1-3-9-12(25-14(15)17-9)13(21)18-16-6-7-4-8(19(22)23)5-10(24-2)11(7)20/h4-6,20H,3H2,1-2H3,(H2,15,17)(H,18,21). The van der Waals surface area contributed by atoms with Crippen molar-refractivity contribution in [3.8, 4) is 11.5 Å². The SMILES string of the molecule is CCc1nc(N)sc1C(=O)NN=Cc1cc([N+](=O)[O-])cc(OC)c1O. The lowest BCUT2D eigenvalue weighted by atomic mass is 10.2. The van der Waals surface area contributed by atoms with Crippen LogP contribution in [-0.4, -0.2) is 34.2 Å². The van der Waals surface area contributed by atoms with Crippen LogP contribution >= 0.6 is 11.3 Å². The number of nitrogen functional groups attached to an aromatic ring is 1. The molecule has 0 spiro atoms. The van der Waals surface area contributed by atoms with Crippen molar-refractivity contribution in [3.05, 3.63) is 38.4 Å². The maximum absolute atomic E-state index is 12.1. The molecule has 2 rings (SSSR count). The molecule has 1 amide bonds. The van der Waals surface area contributed by atoms with Gasteiger partial charge in [0.2, 0.25) is 0 Å². The number of aromatic hydroxyl groups is 1. The van der Waals surface area contributed by atoms with Crippen LogP contribution in [0.1, 0.15) is 27.9 Å². The van der Waals surface area contributed by atoms with E-state index in [9.17, 15) is 20.0 Å². The number of hydrogen-bond acceptors (Lipinski definition) is 9. The third-order valence-electron chi connectivity index (χ3n) is 3.14. The van der Waals surface area contributed by atoms with Gasteiger partial charge >= 0.3 is 0 Å². The van der Waals surface area contributed by atoms with Crippen molar-refractivity contribution in [2.75, 3.05) is 12.8 Å². The molecule has 1 aromatic carbocycles. The summed E-state index contributed by atoms with van der Waals surface area (Å²) in [7, 11) is 1.27. The summed E-state index contributed by atoms with van der Waals surface area (Å²) in [6.07, 6.45) is 1.61. The van der Waals surface area contributed by atoms with Gasteiger partial charge in [0.1, 0.15) is 4.88 Å². The van der Waals surface area contributed by atoms with E-state index in [1.54, 1.807) is 0 Å². The number of nitro groups is 1. The number of benzene rings is 1. The zero-order valence-electron chi connectivity index (χ0n) is 13.3. The van der Waals surface area contributed by atoms with Crippen LogP contribution in [0.2, 0.25) is 0 Å². The molecule has 4 N–H and O–H groups in total. The van der Waals surface area contributed by atoms with Crippen molar-refractivity contribution in [3.63, 3.8) is 0 Å². The number of carbonyl (C=O) groups excluding carboxylic acids is 1. The Morgan fingerprint density at radius 1 is 1.60 bits per heavy atom. The number of hydrogen-bond donors (Lipinski definition) is 3. The van der Waals surface area contributed by atoms with Crippen LogP contribution in [0.4, 0.5) is 10.8 Å². The summed E-state index contributed by atoms with van der Waals surface area (Å²) in [5.41, 5.74) is 8.14. The van der Waals surface area contributed by atoms with E-state index in [1.807, 2.05) is 6.92 Å². The molecule has 25 heavy (non-hydrogen) atoms. The summed E-state index contributed by atoms with van der Waals surface area (Å²) in [5.74, 6) is -0.924. The summed E-state index contributed by atoms with van der Waals surface area (Å²) < 4.78 is 4.88. The van der Waals surface area contributed by atoms with E-state index in [1.165, 1.54) is 7.11 Å². The summed E-state index contributed by atoms with van der Waals surface area (Å²) in [4.78, 5) is 26.7. The first-order chi connectivity index (χ1) is 11.9. The van der Waals surface area contributed by atoms with Gasteiger partial charge in [-0.15, -0.1) is 0 Å². The Hall–Kier alpha value is -3.21. The molecule has 10 nitrogen and oxygen atoms in total. The topological polar surface area (TPSA) is 153 Å². The summed E-state index contributed by atoms with van der Waals surface area (Å²) in [6, 6.07) is 2.19. The number of phenols is 1. The molecule has 1 aromatic heterocycles. The second-order valence-corrected chi connectivity index (χ2v) is 5.75. The lowest BCUT2D eigenvalue weighted by Gasteiger charge is -2.06. The highest BCUT2D eigenvalue weighted by molar-refractivity contribution is 7.17. The molecule has 1 heterocycles. The fraction of sp³-hybridized carbons (Fsp3) is 0.214. The van der Waals surface area contributed by atoms with Gasteiger partial charge in [-0.05, 0) is 6.42 Å². The number of aryl methyl sites for hydroxylation is 1. The molecule has 0 unspecified atom stereocenters. The number of nitrogens with zero attached hydrogens (tertiary/aromatic N) is 3. The van der Waals surface area contributed by atoms with Gasteiger partial charge < -0.3 is 15.6 Å². The fourth-order valence-electron chi connectivity index (χ4n) is 1.97. The number of non-ortho nitro benzene ring substituents is 1. The van der Waals surface area contributed by atoms with E-state index in [0.717, 1.165) is 29.7 Å². The van der Waals surface area contributed by atoms with Crippen molar-refractivity contribution >= 4 is 34.3 Å². The Morgan fingerprint density at radius 3 is 2.92 bits per heavy atom. The fourth-order valence-corrected chi connectivity index (χ4v) is 2.78. The minimum absolute atomic E-state index is 0.0193. The molecule has 0 saturated heterocycles. The molecular formula is C14H15N5O5S. The predicted octanol–water partition coefficient (Wildman–Crippen LogP) is 1.67. The number of aromatic nitrogens is 1. The number of nitro benzene ring substituents is 1. The number of thiazole rings is 1. The van der Waals surface area contributed by atoms with Crippen LogP contribution in [-0.2, 0) is 6.42 Å². The minimum atomic E-state index is -0.633. The zero-order chi connectivity index (χ0) is 18.6. The molecule has 0 saturated carbocycles. The third kappa shape index (κ3) is 4.01. The predicted molar refractivity (Wildman–Crippen MR) is 92.3 cm³/mol. The maximum Gasteiger partial charge on any atom is 0.283 e. The number of ether oxygens (including phenoxy) is 1. The van der Waals surface area contributed by atoms with Crippen molar-refractivity contribution in [1.29, 1.82) is 0 Å². The lowest BCUT2D eigenvalue weighted by molar-refractivity contribution is -0.385. The molecule has 0 radical (unpaired) electrons. The third-order valence-corrected chi connectivity index (χ3v) is 4.07. The molecule has 0 aliphatic heterocycles. The molecule has 2 aromatic rings. The van der Waals surface area contributed by atoms with Crippen molar-refractivity contribution in [2.24, 2.45) is 5.10 Å². The minimum Gasteiger partial charge on any atom is -0.504 e. The smallest absolute Gasteiger partial charge is 0.283 e.